The van der Waals surface area contributed by atoms with Crippen LogP contribution in [0.5, 0.6) is 0 Å². The molecule has 0 heterocycles. The number of benzene rings is 1. The van der Waals surface area contributed by atoms with Gasteiger partial charge in [-0.05, 0) is 12.1 Å². The Morgan fingerprint density at radius 3 is 2.33 bits per heavy atom. The van der Waals surface area contributed by atoms with Crippen molar-refractivity contribution in [2.75, 3.05) is 5.32 Å². The molecule has 1 amide bonds. The molecule has 0 aliphatic rings. The van der Waals surface area contributed by atoms with Crippen molar-refractivity contribution in [1.29, 1.82) is 0 Å². The molecule has 1 rings (SSSR count). The topological polar surface area (TPSA) is 29.1 Å². The lowest BCUT2D eigenvalue weighted by Gasteiger charge is -2.06. The number of anilines is 1. The van der Waals surface area contributed by atoms with Crippen molar-refractivity contribution in [3.05, 3.63) is 30.3 Å². The molecule has 0 spiro atoms. The third-order valence-corrected chi connectivity index (χ3v) is 1.69. The van der Waals surface area contributed by atoms with Crippen LogP contribution in [0.1, 0.15) is 12.8 Å². The zero-order valence-corrected chi connectivity index (χ0v) is 7.84. The van der Waals surface area contributed by atoms with Gasteiger partial charge in [0.05, 0.1) is 6.42 Å². The van der Waals surface area contributed by atoms with Gasteiger partial charge < -0.3 is 5.32 Å². The SMILES string of the molecule is O=C(CCC(F)(F)F)Nc1ccccc1. The molecule has 0 aliphatic carbocycles. The Hall–Kier alpha value is -1.52. The minimum Gasteiger partial charge on any atom is -0.326 e. The van der Waals surface area contributed by atoms with Crippen molar-refractivity contribution in [2.24, 2.45) is 0 Å². The van der Waals surface area contributed by atoms with Crippen LogP contribution in [-0.2, 0) is 4.79 Å². The largest absolute Gasteiger partial charge is 0.389 e. The van der Waals surface area contributed by atoms with Crippen LogP contribution in [0.3, 0.4) is 0 Å². The van der Waals surface area contributed by atoms with E-state index in [1.165, 1.54) is 0 Å². The predicted molar refractivity (Wildman–Crippen MR) is 50.4 cm³/mol. The summed E-state index contributed by atoms with van der Waals surface area (Å²) < 4.78 is 35.3. The van der Waals surface area contributed by atoms with E-state index in [1.54, 1.807) is 30.3 Å². The van der Waals surface area contributed by atoms with Gasteiger partial charge in [-0.1, -0.05) is 18.2 Å². The fraction of sp³-hybridized carbons (Fsp3) is 0.300. The average Bonchev–Trinajstić information content (AvgIpc) is 2.15. The fourth-order valence-electron chi connectivity index (χ4n) is 1.00. The first kappa shape index (κ1) is 11.6. The molecule has 0 saturated carbocycles. The van der Waals surface area contributed by atoms with Crippen LogP contribution in [0.4, 0.5) is 18.9 Å². The van der Waals surface area contributed by atoms with Crippen LogP contribution in [0.15, 0.2) is 30.3 Å². The summed E-state index contributed by atoms with van der Waals surface area (Å²) in [6.07, 6.45) is -5.92. The van der Waals surface area contributed by atoms with Crippen LogP contribution in [0.2, 0.25) is 0 Å². The van der Waals surface area contributed by atoms with Crippen molar-refractivity contribution in [1.82, 2.24) is 0 Å². The van der Waals surface area contributed by atoms with E-state index >= 15 is 0 Å². The van der Waals surface area contributed by atoms with Crippen LogP contribution < -0.4 is 5.32 Å². The number of hydrogen-bond acceptors (Lipinski definition) is 1. The van der Waals surface area contributed by atoms with Crippen molar-refractivity contribution >= 4 is 11.6 Å². The molecular formula is C10H10F3NO. The molecule has 0 saturated heterocycles. The maximum Gasteiger partial charge on any atom is 0.389 e. The number of halogens is 3. The molecule has 2 nitrogen and oxygen atoms in total. The molecule has 0 unspecified atom stereocenters. The first-order chi connectivity index (χ1) is 6.97. The molecule has 0 atom stereocenters. The molecule has 0 fully saturated rings. The molecule has 1 aromatic rings. The van der Waals surface area contributed by atoms with Crippen LogP contribution in [0, 0.1) is 0 Å². The Labute approximate surface area is 85.1 Å². The van der Waals surface area contributed by atoms with E-state index in [0.717, 1.165) is 0 Å². The fourth-order valence-corrected chi connectivity index (χ4v) is 1.00. The zero-order chi connectivity index (χ0) is 11.3. The number of para-hydroxylation sites is 1. The lowest BCUT2D eigenvalue weighted by molar-refractivity contribution is -0.142. The maximum absolute atomic E-state index is 11.8. The third-order valence-electron chi connectivity index (χ3n) is 1.69. The van der Waals surface area contributed by atoms with Gasteiger partial charge >= 0.3 is 6.18 Å². The quantitative estimate of drug-likeness (QED) is 0.828. The normalized spacial score (nSPS) is 11.1. The van der Waals surface area contributed by atoms with E-state index in [4.69, 9.17) is 0 Å². The summed E-state index contributed by atoms with van der Waals surface area (Å²) in [5.74, 6) is -0.626. The standard InChI is InChI=1S/C10H10F3NO/c11-10(12,13)7-6-9(15)14-8-4-2-1-3-5-8/h1-5H,6-7H2,(H,14,15). The number of alkyl halides is 3. The van der Waals surface area contributed by atoms with Gasteiger partial charge in [0.15, 0.2) is 0 Å². The molecule has 1 N–H and O–H groups in total. The van der Waals surface area contributed by atoms with Crippen LogP contribution in [-0.4, -0.2) is 12.1 Å². The first-order valence-electron chi connectivity index (χ1n) is 4.39. The summed E-state index contributed by atoms with van der Waals surface area (Å²) in [7, 11) is 0. The monoisotopic (exact) mass is 217 g/mol. The van der Waals surface area contributed by atoms with Gasteiger partial charge in [-0.3, -0.25) is 4.79 Å². The van der Waals surface area contributed by atoms with E-state index in [9.17, 15) is 18.0 Å². The highest BCUT2D eigenvalue weighted by Crippen LogP contribution is 2.21. The lowest BCUT2D eigenvalue weighted by Crippen LogP contribution is -2.16. The van der Waals surface area contributed by atoms with E-state index in [2.05, 4.69) is 5.32 Å². The molecule has 1 aromatic carbocycles. The Kier molecular flexibility index (Phi) is 3.71. The summed E-state index contributed by atoms with van der Waals surface area (Å²) in [5, 5.41) is 2.38. The predicted octanol–water partition coefficient (Wildman–Crippen LogP) is 2.97. The lowest BCUT2D eigenvalue weighted by atomic mass is 10.2. The van der Waals surface area contributed by atoms with E-state index in [-0.39, 0.29) is 0 Å². The number of hydrogen-bond donors (Lipinski definition) is 1. The van der Waals surface area contributed by atoms with Gasteiger partial charge in [0.25, 0.3) is 0 Å². The van der Waals surface area contributed by atoms with Crippen molar-refractivity contribution < 1.29 is 18.0 Å². The molecule has 5 heteroatoms. The van der Waals surface area contributed by atoms with Crippen LogP contribution >= 0.6 is 0 Å². The Balaban J connectivity index is 2.38. The van der Waals surface area contributed by atoms with Gasteiger partial charge in [-0.2, -0.15) is 13.2 Å². The molecular weight excluding hydrogens is 207 g/mol. The highest BCUT2D eigenvalue weighted by atomic mass is 19.4. The average molecular weight is 217 g/mol. The number of amides is 1. The summed E-state index contributed by atoms with van der Waals surface area (Å²) in [6.45, 7) is 0. The van der Waals surface area contributed by atoms with Crippen LogP contribution in [0.25, 0.3) is 0 Å². The Morgan fingerprint density at radius 2 is 1.80 bits per heavy atom. The highest BCUT2D eigenvalue weighted by Gasteiger charge is 2.27. The van der Waals surface area contributed by atoms with Gasteiger partial charge in [0.1, 0.15) is 0 Å². The number of carbonyl (C=O) groups is 1. The van der Waals surface area contributed by atoms with Gasteiger partial charge in [-0.15, -0.1) is 0 Å². The maximum atomic E-state index is 11.8. The van der Waals surface area contributed by atoms with Gasteiger partial charge in [0.2, 0.25) is 5.91 Å². The zero-order valence-electron chi connectivity index (χ0n) is 7.84. The van der Waals surface area contributed by atoms with Crippen molar-refractivity contribution in [3.8, 4) is 0 Å². The molecule has 0 radical (unpaired) electrons. The Bertz CT molecular complexity index is 321. The van der Waals surface area contributed by atoms with Gasteiger partial charge in [0, 0.05) is 12.1 Å². The minimum absolute atomic E-state index is 0.504. The molecule has 0 aliphatic heterocycles. The summed E-state index contributed by atoms with van der Waals surface area (Å²) >= 11 is 0. The second-order valence-electron chi connectivity index (χ2n) is 3.03. The Morgan fingerprint density at radius 1 is 1.20 bits per heavy atom. The molecule has 82 valence electrons. The second kappa shape index (κ2) is 4.82. The second-order valence-corrected chi connectivity index (χ2v) is 3.03. The summed E-state index contributed by atoms with van der Waals surface area (Å²) in [6, 6.07) is 8.38. The summed E-state index contributed by atoms with van der Waals surface area (Å²) in [5.41, 5.74) is 0.504. The third kappa shape index (κ3) is 5.05. The highest BCUT2D eigenvalue weighted by molar-refractivity contribution is 5.90. The smallest absolute Gasteiger partial charge is 0.326 e. The van der Waals surface area contributed by atoms with Crippen molar-refractivity contribution in [2.45, 2.75) is 19.0 Å². The van der Waals surface area contributed by atoms with E-state index in [0.29, 0.717) is 5.69 Å². The first-order valence-corrected chi connectivity index (χ1v) is 4.39. The van der Waals surface area contributed by atoms with E-state index < -0.39 is 24.9 Å². The van der Waals surface area contributed by atoms with E-state index in [1.807, 2.05) is 0 Å². The molecule has 0 aromatic heterocycles. The minimum atomic E-state index is -4.28. The number of nitrogens with one attached hydrogen (secondary N) is 1. The van der Waals surface area contributed by atoms with Crippen molar-refractivity contribution in [3.63, 3.8) is 0 Å². The summed E-state index contributed by atoms with van der Waals surface area (Å²) in [4.78, 5) is 11.0. The molecule has 0 bridgehead atoms. The number of carbonyl (C=O) groups excluding carboxylic acids is 1. The van der Waals surface area contributed by atoms with Gasteiger partial charge in [-0.25, -0.2) is 0 Å². The number of rotatable bonds is 3. The molecule has 15 heavy (non-hydrogen) atoms.